The highest BCUT2D eigenvalue weighted by Crippen LogP contribution is 2.17. The van der Waals surface area contributed by atoms with Gasteiger partial charge in [-0.05, 0) is 35.0 Å². The second kappa shape index (κ2) is 4.60. The number of aromatic nitrogens is 1. The molecule has 3 nitrogen and oxygen atoms in total. The fourth-order valence-electron chi connectivity index (χ4n) is 1.65. The molecule has 0 saturated carbocycles. The summed E-state index contributed by atoms with van der Waals surface area (Å²) in [6.45, 7) is 3.85. The van der Waals surface area contributed by atoms with E-state index in [0.29, 0.717) is 5.15 Å². The fourth-order valence-corrected chi connectivity index (χ4v) is 2.39. The van der Waals surface area contributed by atoms with Gasteiger partial charge in [0.2, 0.25) is 0 Å². The van der Waals surface area contributed by atoms with E-state index in [2.05, 4.69) is 38.1 Å². The van der Waals surface area contributed by atoms with Gasteiger partial charge in [-0.2, -0.15) is 0 Å². The van der Waals surface area contributed by atoms with Gasteiger partial charge in [0, 0.05) is 18.2 Å². The average Bonchev–Trinajstić information content (AvgIpc) is 2.16. The molecule has 0 amide bonds. The highest BCUT2D eigenvalue weighted by Gasteiger charge is 2.16. The smallest absolute Gasteiger partial charge is 0.131 e. The molecule has 1 aliphatic heterocycles. The van der Waals surface area contributed by atoms with E-state index in [1.54, 1.807) is 0 Å². The van der Waals surface area contributed by atoms with Crippen LogP contribution in [-0.4, -0.2) is 29.8 Å². The number of aliphatic imine (C=N–C) groups is 1. The van der Waals surface area contributed by atoms with Gasteiger partial charge in [-0.1, -0.05) is 11.6 Å². The van der Waals surface area contributed by atoms with E-state index in [1.165, 1.54) is 0 Å². The summed E-state index contributed by atoms with van der Waals surface area (Å²) >= 11 is 9.23. The average molecular weight is 289 g/mol. The van der Waals surface area contributed by atoms with Crippen molar-refractivity contribution in [2.75, 3.05) is 13.1 Å². The number of hydrogen-bond donors (Lipinski definition) is 1. The summed E-state index contributed by atoms with van der Waals surface area (Å²) in [6, 6.07) is 4.05. The number of nitrogens with one attached hydrogen (secondary N) is 1. The van der Waals surface area contributed by atoms with Crippen LogP contribution in [0, 0.1) is 0 Å². The molecule has 0 saturated heterocycles. The lowest BCUT2D eigenvalue weighted by Gasteiger charge is -2.21. The van der Waals surface area contributed by atoms with Gasteiger partial charge in [0.25, 0.3) is 0 Å². The summed E-state index contributed by atoms with van der Waals surface area (Å²) in [4.78, 5) is 8.57. The molecule has 1 aromatic heterocycles. The zero-order valence-corrected chi connectivity index (χ0v) is 10.6. The third kappa shape index (κ3) is 2.56. The molecule has 1 aromatic rings. The SMILES string of the molecule is CC1NCCN=C1c1cc(Cl)nc(Br)c1. The van der Waals surface area contributed by atoms with E-state index in [4.69, 9.17) is 11.6 Å². The first-order chi connectivity index (χ1) is 7.16. The third-order valence-electron chi connectivity index (χ3n) is 2.31. The number of nitrogens with zero attached hydrogens (tertiary/aromatic N) is 2. The van der Waals surface area contributed by atoms with Crippen molar-refractivity contribution in [2.45, 2.75) is 13.0 Å². The van der Waals surface area contributed by atoms with Crippen LogP contribution in [0.1, 0.15) is 12.5 Å². The number of pyridine rings is 1. The molecule has 0 bridgehead atoms. The van der Waals surface area contributed by atoms with Crippen LogP contribution in [0.5, 0.6) is 0 Å². The van der Waals surface area contributed by atoms with E-state index in [9.17, 15) is 0 Å². The maximum absolute atomic E-state index is 5.90. The summed E-state index contributed by atoms with van der Waals surface area (Å²) in [6.07, 6.45) is 0. The van der Waals surface area contributed by atoms with Crippen LogP contribution in [0.15, 0.2) is 21.7 Å². The van der Waals surface area contributed by atoms with Gasteiger partial charge in [-0.15, -0.1) is 0 Å². The van der Waals surface area contributed by atoms with Crippen LogP contribution in [0.2, 0.25) is 5.15 Å². The van der Waals surface area contributed by atoms with E-state index in [1.807, 2.05) is 12.1 Å². The van der Waals surface area contributed by atoms with E-state index in [0.717, 1.165) is 29.0 Å². The van der Waals surface area contributed by atoms with Crippen molar-refractivity contribution >= 4 is 33.2 Å². The molecule has 2 heterocycles. The Hall–Kier alpha value is -0.450. The Kier molecular flexibility index (Phi) is 3.38. The summed E-state index contributed by atoms with van der Waals surface area (Å²) in [7, 11) is 0. The highest BCUT2D eigenvalue weighted by molar-refractivity contribution is 9.10. The first-order valence-corrected chi connectivity index (χ1v) is 5.95. The summed E-state index contributed by atoms with van der Waals surface area (Å²) in [5.41, 5.74) is 2.08. The Morgan fingerprint density at radius 1 is 1.53 bits per heavy atom. The van der Waals surface area contributed by atoms with Crippen LogP contribution in [0.3, 0.4) is 0 Å². The van der Waals surface area contributed by atoms with Gasteiger partial charge in [0.15, 0.2) is 0 Å². The zero-order valence-electron chi connectivity index (χ0n) is 8.30. The first-order valence-electron chi connectivity index (χ1n) is 4.78. The molecule has 1 atom stereocenters. The highest BCUT2D eigenvalue weighted by atomic mass is 79.9. The zero-order chi connectivity index (χ0) is 10.8. The molecule has 0 aliphatic carbocycles. The van der Waals surface area contributed by atoms with Crippen molar-refractivity contribution in [1.29, 1.82) is 0 Å². The Morgan fingerprint density at radius 2 is 2.33 bits per heavy atom. The van der Waals surface area contributed by atoms with E-state index >= 15 is 0 Å². The van der Waals surface area contributed by atoms with Crippen LogP contribution in [-0.2, 0) is 0 Å². The Labute approximate surface area is 102 Å². The molecule has 0 radical (unpaired) electrons. The molecule has 2 rings (SSSR count). The molecule has 1 aliphatic rings. The topological polar surface area (TPSA) is 37.3 Å². The van der Waals surface area contributed by atoms with Crippen molar-refractivity contribution in [3.05, 3.63) is 27.5 Å². The molecule has 1 N–H and O–H groups in total. The summed E-state index contributed by atoms with van der Waals surface area (Å²) in [5, 5.41) is 3.85. The van der Waals surface area contributed by atoms with Crippen LogP contribution < -0.4 is 5.32 Å². The molecule has 1 unspecified atom stereocenters. The van der Waals surface area contributed by atoms with Gasteiger partial charge in [-0.25, -0.2) is 4.98 Å². The molecule has 15 heavy (non-hydrogen) atoms. The molecule has 0 aromatic carbocycles. The Bertz CT molecular complexity index is 385. The molecular weight excluding hydrogens is 277 g/mol. The van der Waals surface area contributed by atoms with E-state index < -0.39 is 0 Å². The molecule has 5 heteroatoms. The van der Waals surface area contributed by atoms with Crippen molar-refractivity contribution in [3.8, 4) is 0 Å². The lowest BCUT2D eigenvalue weighted by molar-refractivity contribution is 0.633. The predicted molar refractivity (Wildman–Crippen MR) is 65.8 cm³/mol. The minimum atomic E-state index is 0.268. The van der Waals surface area contributed by atoms with Crippen molar-refractivity contribution in [1.82, 2.24) is 10.3 Å². The predicted octanol–water partition coefficient (Wildman–Crippen LogP) is 2.28. The number of halogens is 2. The maximum Gasteiger partial charge on any atom is 0.131 e. The van der Waals surface area contributed by atoms with Gasteiger partial charge in [-0.3, -0.25) is 4.99 Å². The van der Waals surface area contributed by atoms with Crippen LogP contribution in [0.4, 0.5) is 0 Å². The largest absolute Gasteiger partial charge is 0.307 e. The summed E-state index contributed by atoms with van der Waals surface area (Å²) in [5.74, 6) is 0. The minimum Gasteiger partial charge on any atom is -0.307 e. The molecule has 0 fully saturated rings. The maximum atomic E-state index is 5.90. The molecule has 0 spiro atoms. The Balaban J connectivity index is 2.40. The fraction of sp³-hybridized carbons (Fsp3) is 0.400. The lowest BCUT2D eigenvalue weighted by Crippen LogP contribution is -2.40. The minimum absolute atomic E-state index is 0.268. The lowest BCUT2D eigenvalue weighted by atomic mass is 10.0. The standard InChI is InChI=1S/C10H11BrClN3/c1-6-10(14-3-2-13-6)7-4-8(11)15-9(12)5-7/h4-6,13H,2-3H2,1H3. The number of rotatable bonds is 1. The monoisotopic (exact) mass is 287 g/mol. The summed E-state index contributed by atoms with van der Waals surface area (Å²) < 4.78 is 0.741. The van der Waals surface area contributed by atoms with Crippen LogP contribution >= 0.6 is 27.5 Å². The molecular formula is C10H11BrClN3. The van der Waals surface area contributed by atoms with Crippen LogP contribution in [0.25, 0.3) is 0 Å². The second-order valence-electron chi connectivity index (χ2n) is 3.44. The van der Waals surface area contributed by atoms with Gasteiger partial charge in [0.05, 0.1) is 12.3 Å². The van der Waals surface area contributed by atoms with Crippen molar-refractivity contribution < 1.29 is 0 Å². The van der Waals surface area contributed by atoms with E-state index in [-0.39, 0.29) is 6.04 Å². The third-order valence-corrected chi connectivity index (χ3v) is 2.91. The van der Waals surface area contributed by atoms with Gasteiger partial charge in [0.1, 0.15) is 9.76 Å². The Morgan fingerprint density at radius 3 is 3.00 bits per heavy atom. The van der Waals surface area contributed by atoms with Gasteiger partial charge >= 0.3 is 0 Å². The van der Waals surface area contributed by atoms with Crippen molar-refractivity contribution in [3.63, 3.8) is 0 Å². The quantitative estimate of drug-likeness (QED) is 0.805. The second-order valence-corrected chi connectivity index (χ2v) is 4.64. The molecule has 80 valence electrons. The number of hydrogen-bond acceptors (Lipinski definition) is 3. The normalized spacial score (nSPS) is 21.3. The van der Waals surface area contributed by atoms with Gasteiger partial charge < -0.3 is 5.32 Å². The van der Waals surface area contributed by atoms with Crippen molar-refractivity contribution in [2.24, 2.45) is 4.99 Å². The first kappa shape index (κ1) is 11.0.